The Balaban J connectivity index is 3.68. The summed E-state index contributed by atoms with van der Waals surface area (Å²) in [6.07, 6.45) is 8.04. The van der Waals surface area contributed by atoms with Crippen molar-refractivity contribution in [2.75, 3.05) is 18.6 Å². The number of hydrogen-bond acceptors (Lipinski definition) is 3. The van der Waals surface area contributed by atoms with Crippen LogP contribution < -0.4 is 5.32 Å². The maximum Gasteiger partial charge on any atom is 0.150 e. The Morgan fingerprint density at radius 1 is 1.00 bits per heavy atom. The van der Waals surface area contributed by atoms with E-state index in [0.29, 0.717) is 11.8 Å². The van der Waals surface area contributed by atoms with E-state index in [9.17, 15) is 8.42 Å². The Labute approximate surface area is 107 Å². The van der Waals surface area contributed by atoms with Crippen molar-refractivity contribution in [2.45, 2.75) is 64.8 Å². The third-order valence-electron chi connectivity index (χ3n) is 3.26. The quantitative estimate of drug-likeness (QED) is 0.583. The molecule has 0 aliphatic rings. The molecule has 0 heterocycles. The third-order valence-corrected chi connectivity index (χ3v) is 5.05. The summed E-state index contributed by atoms with van der Waals surface area (Å²) in [5, 5.41) is 3.29. The molecule has 4 heteroatoms. The minimum Gasteiger partial charge on any atom is -0.317 e. The largest absolute Gasteiger partial charge is 0.317 e. The summed E-state index contributed by atoms with van der Waals surface area (Å²) in [5.74, 6) is 0.615. The van der Waals surface area contributed by atoms with Gasteiger partial charge in [-0.3, -0.25) is 0 Å². The highest BCUT2D eigenvalue weighted by Gasteiger charge is 2.10. The molecule has 0 spiro atoms. The number of unbranched alkanes of at least 4 members (excludes halogenated alkanes) is 3. The highest BCUT2D eigenvalue weighted by Crippen LogP contribution is 2.10. The molecule has 0 bridgehead atoms. The van der Waals surface area contributed by atoms with Crippen molar-refractivity contribution in [1.29, 1.82) is 0 Å². The Hall–Kier alpha value is -0.0900. The average Bonchev–Trinajstić information content (AvgIpc) is 2.32. The van der Waals surface area contributed by atoms with Gasteiger partial charge in [0.15, 0.2) is 0 Å². The second-order valence-electron chi connectivity index (χ2n) is 4.71. The van der Waals surface area contributed by atoms with Crippen molar-refractivity contribution in [1.82, 2.24) is 5.32 Å². The topological polar surface area (TPSA) is 46.2 Å². The molecule has 1 N–H and O–H groups in total. The molecule has 0 saturated heterocycles. The van der Waals surface area contributed by atoms with Gasteiger partial charge in [0.2, 0.25) is 0 Å². The molecule has 0 rings (SSSR count). The molecule has 1 atom stereocenters. The lowest BCUT2D eigenvalue weighted by Gasteiger charge is -2.15. The van der Waals surface area contributed by atoms with Gasteiger partial charge in [-0.25, -0.2) is 8.42 Å². The van der Waals surface area contributed by atoms with Crippen LogP contribution in [0.4, 0.5) is 0 Å². The average molecular weight is 263 g/mol. The second-order valence-corrected chi connectivity index (χ2v) is 7.19. The first-order chi connectivity index (χ1) is 8.05. The predicted octanol–water partition coefficient (Wildman–Crippen LogP) is 2.76. The molecular formula is C13H29NO2S. The summed E-state index contributed by atoms with van der Waals surface area (Å²) in [6.45, 7) is 3.93. The van der Waals surface area contributed by atoms with E-state index in [0.717, 1.165) is 12.8 Å². The van der Waals surface area contributed by atoms with Crippen molar-refractivity contribution in [3.63, 3.8) is 0 Å². The summed E-state index contributed by atoms with van der Waals surface area (Å²) in [5.41, 5.74) is 0. The summed E-state index contributed by atoms with van der Waals surface area (Å²) in [4.78, 5) is 0. The molecular weight excluding hydrogens is 234 g/mol. The summed E-state index contributed by atoms with van der Waals surface area (Å²) >= 11 is 0. The van der Waals surface area contributed by atoms with Crippen LogP contribution in [0.3, 0.4) is 0 Å². The van der Waals surface area contributed by atoms with E-state index >= 15 is 0 Å². The standard InChI is InChI=1S/C13H29NO2S/c1-4-6-7-8-10-13(14-3)11-9-12-17(15,16)5-2/h13-14H,4-12H2,1-3H3. The fraction of sp³-hybridized carbons (Fsp3) is 1.00. The SMILES string of the molecule is CCCCCCC(CCCS(=O)(=O)CC)NC. The highest BCUT2D eigenvalue weighted by atomic mass is 32.2. The Kier molecular flexibility index (Phi) is 9.84. The molecule has 104 valence electrons. The van der Waals surface area contributed by atoms with Gasteiger partial charge in [0.05, 0.1) is 5.75 Å². The minimum atomic E-state index is -2.78. The van der Waals surface area contributed by atoms with Crippen LogP contribution in [0.1, 0.15) is 58.8 Å². The molecule has 0 aliphatic heterocycles. The molecule has 0 aliphatic carbocycles. The zero-order valence-corrected chi connectivity index (χ0v) is 12.5. The van der Waals surface area contributed by atoms with Gasteiger partial charge >= 0.3 is 0 Å². The molecule has 0 aromatic carbocycles. The third kappa shape index (κ3) is 9.60. The maximum atomic E-state index is 11.3. The Morgan fingerprint density at radius 2 is 1.65 bits per heavy atom. The lowest BCUT2D eigenvalue weighted by molar-refractivity contribution is 0.456. The maximum absolute atomic E-state index is 11.3. The zero-order valence-electron chi connectivity index (χ0n) is 11.7. The molecule has 0 aromatic rings. The first-order valence-electron chi connectivity index (χ1n) is 6.93. The van der Waals surface area contributed by atoms with Crippen LogP contribution in [0.5, 0.6) is 0 Å². The molecule has 0 radical (unpaired) electrons. The van der Waals surface area contributed by atoms with Gasteiger partial charge in [0, 0.05) is 11.8 Å². The first-order valence-corrected chi connectivity index (χ1v) is 8.75. The number of rotatable bonds is 11. The zero-order chi connectivity index (χ0) is 13.1. The molecule has 0 saturated carbocycles. The smallest absolute Gasteiger partial charge is 0.150 e. The van der Waals surface area contributed by atoms with Gasteiger partial charge in [-0.2, -0.15) is 0 Å². The fourth-order valence-corrected chi connectivity index (χ4v) is 2.84. The molecule has 3 nitrogen and oxygen atoms in total. The molecule has 17 heavy (non-hydrogen) atoms. The summed E-state index contributed by atoms with van der Waals surface area (Å²) in [7, 11) is -0.809. The monoisotopic (exact) mass is 263 g/mol. The molecule has 0 fully saturated rings. The number of sulfone groups is 1. The highest BCUT2D eigenvalue weighted by molar-refractivity contribution is 7.91. The lowest BCUT2D eigenvalue weighted by atomic mass is 10.0. The van der Waals surface area contributed by atoms with Crippen LogP contribution in [0.25, 0.3) is 0 Å². The van der Waals surface area contributed by atoms with E-state index in [1.807, 2.05) is 7.05 Å². The van der Waals surface area contributed by atoms with Crippen molar-refractivity contribution < 1.29 is 8.42 Å². The van der Waals surface area contributed by atoms with Gasteiger partial charge in [-0.1, -0.05) is 39.5 Å². The summed E-state index contributed by atoms with van der Waals surface area (Å²) < 4.78 is 22.7. The van der Waals surface area contributed by atoms with Crippen LogP contribution in [0.2, 0.25) is 0 Å². The van der Waals surface area contributed by atoms with E-state index in [1.165, 1.54) is 32.1 Å². The second kappa shape index (κ2) is 9.89. The van der Waals surface area contributed by atoms with Crippen LogP contribution in [-0.4, -0.2) is 33.0 Å². The lowest BCUT2D eigenvalue weighted by Crippen LogP contribution is -2.26. The van der Waals surface area contributed by atoms with Crippen LogP contribution in [-0.2, 0) is 9.84 Å². The Morgan fingerprint density at radius 3 is 2.18 bits per heavy atom. The van der Waals surface area contributed by atoms with Crippen molar-refractivity contribution in [3.05, 3.63) is 0 Å². The van der Waals surface area contributed by atoms with E-state index in [2.05, 4.69) is 12.2 Å². The molecule has 1 unspecified atom stereocenters. The number of nitrogens with one attached hydrogen (secondary N) is 1. The van der Waals surface area contributed by atoms with E-state index in [4.69, 9.17) is 0 Å². The van der Waals surface area contributed by atoms with Crippen molar-refractivity contribution in [2.24, 2.45) is 0 Å². The van der Waals surface area contributed by atoms with E-state index in [1.54, 1.807) is 6.92 Å². The molecule has 0 amide bonds. The van der Waals surface area contributed by atoms with Crippen LogP contribution in [0, 0.1) is 0 Å². The van der Waals surface area contributed by atoms with Gasteiger partial charge in [0.1, 0.15) is 9.84 Å². The predicted molar refractivity (Wildman–Crippen MR) is 75.2 cm³/mol. The van der Waals surface area contributed by atoms with E-state index < -0.39 is 9.84 Å². The van der Waals surface area contributed by atoms with E-state index in [-0.39, 0.29) is 5.75 Å². The van der Waals surface area contributed by atoms with Gasteiger partial charge in [-0.15, -0.1) is 0 Å². The number of hydrogen-bond donors (Lipinski definition) is 1. The van der Waals surface area contributed by atoms with Crippen molar-refractivity contribution in [3.8, 4) is 0 Å². The molecule has 0 aromatic heterocycles. The first kappa shape index (κ1) is 16.9. The Bertz CT molecular complexity index is 263. The van der Waals surface area contributed by atoms with Gasteiger partial charge in [-0.05, 0) is 26.3 Å². The fourth-order valence-electron chi connectivity index (χ4n) is 1.94. The van der Waals surface area contributed by atoms with Gasteiger partial charge in [0.25, 0.3) is 0 Å². The summed E-state index contributed by atoms with van der Waals surface area (Å²) in [6, 6.07) is 0.485. The van der Waals surface area contributed by atoms with Crippen molar-refractivity contribution >= 4 is 9.84 Å². The minimum absolute atomic E-state index is 0.272. The van der Waals surface area contributed by atoms with Crippen LogP contribution >= 0.6 is 0 Å². The normalized spacial score (nSPS) is 13.8. The van der Waals surface area contributed by atoms with Crippen LogP contribution in [0.15, 0.2) is 0 Å². The van der Waals surface area contributed by atoms with Gasteiger partial charge < -0.3 is 5.32 Å².